The minimum absolute atomic E-state index is 0. The maximum atomic E-state index is 13.8. The van der Waals surface area contributed by atoms with Crippen molar-refractivity contribution in [1.82, 2.24) is 10.6 Å². The van der Waals surface area contributed by atoms with E-state index in [9.17, 15) is 8.78 Å². The van der Waals surface area contributed by atoms with Gasteiger partial charge in [0.25, 0.3) is 0 Å². The summed E-state index contributed by atoms with van der Waals surface area (Å²) in [5.41, 5.74) is 1.78. The Balaban J connectivity index is 0.00000288. The summed E-state index contributed by atoms with van der Waals surface area (Å²) < 4.78 is 32.0. The van der Waals surface area contributed by atoms with E-state index < -0.39 is 11.6 Å². The topological polar surface area (TPSA) is 45.7 Å². The van der Waals surface area contributed by atoms with Crippen molar-refractivity contribution >= 4 is 29.9 Å². The molecule has 0 saturated heterocycles. The first-order chi connectivity index (χ1) is 11.1. The van der Waals surface area contributed by atoms with Gasteiger partial charge in [-0.2, -0.15) is 0 Å². The van der Waals surface area contributed by atoms with Crippen LogP contribution in [-0.4, -0.2) is 32.8 Å². The molecule has 1 aliphatic rings. The number of ether oxygens (including phenoxy) is 1. The fraction of sp³-hybridized carbons (Fsp3) is 0.471. The van der Waals surface area contributed by atoms with Crippen LogP contribution in [0.5, 0.6) is 0 Å². The van der Waals surface area contributed by atoms with Gasteiger partial charge in [0.05, 0.1) is 19.3 Å². The molecule has 0 radical (unpaired) electrons. The molecule has 0 fully saturated rings. The number of halogens is 3. The van der Waals surface area contributed by atoms with Crippen LogP contribution in [-0.2, 0) is 4.74 Å². The molecule has 0 spiro atoms. The molecule has 134 valence electrons. The van der Waals surface area contributed by atoms with Gasteiger partial charge in [0.15, 0.2) is 5.96 Å². The highest BCUT2D eigenvalue weighted by atomic mass is 127. The molecule has 2 rings (SSSR count). The number of hydrogen-bond acceptors (Lipinski definition) is 2. The van der Waals surface area contributed by atoms with Crippen LogP contribution in [0.2, 0.25) is 0 Å². The summed E-state index contributed by atoms with van der Waals surface area (Å²) >= 11 is 0. The monoisotopic (exact) mass is 451 g/mol. The smallest absolute Gasteiger partial charge is 0.191 e. The third-order valence-electron chi connectivity index (χ3n) is 3.80. The van der Waals surface area contributed by atoms with Gasteiger partial charge in [-0.05, 0) is 25.8 Å². The molecule has 0 amide bonds. The van der Waals surface area contributed by atoms with Crippen molar-refractivity contribution in [2.24, 2.45) is 4.99 Å². The Morgan fingerprint density at radius 2 is 2.17 bits per heavy atom. The molecule has 1 unspecified atom stereocenters. The van der Waals surface area contributed by atoms with Crippen molar-refractivity contribution in [3.8, 4) is 0 Å². The summed E-state index contributed by atoms with van der Waals surface area (Å²) in [6, 6.07) is 3.28. The molecular weight excluding hydrogens is 427 g/mol. The SMILES string of the molecule is CN=C(NCCC1=CCOCC1)NC(C)c1ccc(F)cc1F.I. The van der Waals surface area contributed by atoms with Gasteiger partial charge in [0.1, 0.15) is 11.6 Å². The van der Waals surface area contributed by atoms with Crippen LogP contribution in [0.3, 0.4) is 0 Å². The zero-order valence-corrected chi connectivity index (χ0v) is 16.3. The number of nitrogens with one attached hydrogen (secondary N) is 2. The van der Waals surface area contributed by atoms with Crippen LogP contribution < -0.4 is 10.6 Å². The maximum Gasteiger partial charge on any atom is 0.191 e. The summed E-state index contributed by atoms with van der Waals surface area (Å²) in [7, 11) is 1.66. The van der Waals surface area contributed by atoms with Crippen LogP contribution in [0.1, 0.15) is 31.4 Å². The van der Waals surface area contributed by atoms with Gasteiger partial charge in [-0.15, -0.1) is 24.0 Å². The Hall–Kier alpha value is -1.22. The maximum absolute atomic E-state index is 13.8. The van der Waals surface area contributed by atoms with Crippen molar-refractivity contribution < 1.29 is 13.5 Å². The summed E-state index contributed by atoms with van der Waals surface area (Å²) in [4.78, 5) is 4.14. The van der Waals surface area contributed by atoms with E-state index in [-0.39, 0.29) is 30.0 Å². The van der Waals surface area contributed by atoms with Gasteiger partial charge < -0.3 is 15.4 Å². The van der Waals surface area contributed by atoms with Crippen molar-refractivity contribution in [3.63, 3.8) is 0 Å². The van der Waals surface area contributed by atoms with E-state index >= 15 is 0 Å². The highest BCUT2D eigenvalue weighted by Crippen LogP contribution is 2.17. The molecule has 2 N–H and O–H groups in total. The second kappa shape index (κ2) is 10.6. The highest BCUT2D eigenvalue weighted by Gasteiger charge is 2.13. The van der Waals surface area contributed by atoms with Crippen molar-refractivity contribution in [2.75, 3.05) is 26.8 Å². The van der Waals surface area contributed by atoms with Gasteiger partial charge in [0, 0.05) is 25.2 Å². The molecule has 0 saturated carbocycles. The number of benzene rings is 1. The summed E-state index contributed by atoms with van der Waals surface area (Å²) in [5, 5.41) is 6.32. The summed E-state index contributed by atoms with van der Waals surface area (Å²) in [6.45, 7) is 4.01. The molecule has 0 aromatic heterocycles. The molecule has 4 nitrogen and oxygen atoms in total. The lowest BCUT2D eigenvalue weighted by molar-refractivity contribution is 0.153. The molecule has 1 heterocycles. The average molecular weight is 451 g/mol. The Labute approximate surface area is 158 Å². The van der Waals surface area contributed by atoms with E-state index in [1.807, 2.05) is 6.92 Å². The van der Waals surface area contributed by atoms with E-state index in [2.05, 4.69) is 21.7 Å². The van der Waals surface area contributed by atoms with Crippen molar-refractivity contribution in [1.29, 1.82) is 0 Å². The molecule has 0 bridgehead atoms. The van der Waals surface area contributed by atoms with Crippen LogP contribution in [0.15, 0.2) is 34.8 Å². The van der Waals surface area contributed by atoms with Gasteiger partial charge in [0.2, 0.25) is 0 Å². The lowest BCUT2D eigenvalue weighted by Crippen LogP contribution is -2.39. The molecule has 7 heteroatoms. The molecule has 24 heavy (non-hydrogen) atoms. The van der Waals surface area contributed by atoms with Crippen molar-refractivity contribution in [3.05, 3.63) is 47.0 Å². The van der Waals surface area contributed by atoms with E-state index in [1.54, 1.807) is 7.05 Å². The van der Waals surface area contributed by atoms with Gasteiger partial charge in [-0.3, -0.25) is 4.99 Å². The third-order valence-corrected chi connectivity index (χ3v) is 3.80. The highest BCUT2D eigenvalue weighted by molar-refractivity contribution is 14.0. The molecule has 1 aromatic carbocycles. The predicted octanol–water partition coefficient (Wildman–Crippen LogP) is 3.55. The average Bonchev–Trinajstić information content (AvgIpc) is 2.54. The van der Waals surface area contributed by atoms with E-state index in [0.717, 1.165) is 32.1 Å². The molecule has 0 aliphatic carbocycles. The number of hydrogen-bond donors (Lipinski definition) is 2. The second-order valence-electron chi connectivity index (χ2n) is 5.47. The summed E-state index contributed by atoms with van der Waals surface area (Å²) in [6.07, 6.45) is 3.99. The van der Waals surface area contributed by atoms with Crippen molar-refractivity contribution in [2.45, 2.75) is 25.8 Å². The number of guanidine groups is 1. The van der Waals surface area contributed by atoms with Crippen LogP contribution in [0.25, 0.3) is 0 Å². The summed E-state index contributed by atoms with van der Waals surface area (Å²) in [5.74, 6) is -0.549. The van der Waals surface area contributed by atoms with E-state index in [0.29, 0.717) is 18.1 Å². The zero-order valence-electron chi connectivity index (χ0n) is 13.9. The minimum Gasteiger partial charge on any atom is -0.377 e. The molecule has 1 aromatic rings. The Bertz CT molecular complexity index is 593. The van der Waals surface area contributed by atoms with Gasteiger partial charge in [-0.25, -0.2) is 8.78 Å². The van der Waals surface area contributed by atoms with Gasteiger partial charge >= 0.3 is 0 Å². The number of nitrogens with zero attached hydrogens (tertiary/aromatic N) is 1. The zero-order chi connectivity index (χ0) is 16.7. The Kier molecular flexibility index (Phi) is 9.20. The normalized spacial score (nSPS) is 16.0. The Morgan fingerprint density at radius 3 is 2.79 bits per heavy atom. The standard InChI is InChI=1S/C17H23F2N3O.HI/c1-12(15-4-3-14(18)11-16(15)19)22-17(20-2)21-8-5-13-6-9-23-10-7-13;/h3-4,6,11-12H,5,7-10H2,1-2H3,(H2,20,21,22);1H. The fourth-order valence-electron chi connectivity index (χ4n) is 2.46. The molecular formula is C17H24F2IN3O. The minimum atomic E-state index is -0.578. The fourth-order valence-corrected chi connectivity index (χ4v) is 2.46. The lowest BCUT2D eigenvalue weighted by atomic mass is 10.1. The second-order valence-corrected chi connectivity index (χ2v) is 5.47. The van der Waals surface area contributed by atoms with Crippen LogP contribution in [0.4, 0.5) is 8.78 Å². The first-order valence-electron chi connectivity index (χ1n) is 7.78. The van der Waals surface area contributed by atoms with Crippen LogP contribution >= 0.6 is 24.0 Å². The molecule has 1 atom stereocenters. The van der Waals surface area contributed by atoms with E-state index in [1.165, 1.54) is 17.7 Å². The quantitative estimate of drug-likeness (QED) is 0.312. The van der Waals surface area contributed by atoms with Crippen LogP contribution in [0, 0.1) is 11.6 Å². The predicted molar refractivity (Wildman–Crippen MR) is 103 cm³/mol. The molecule has 1 aliphatic heterocycles. The first-order valence-corrected chi connectivity index (χ1v) is 7.78. The third kappa shape index (κ3) is 6.35. The number of rotatable bonds is 5. The number of aliphatic imine (C=N–C) groups is 1. The lowest BCUT2D eigenvalue weighted by Gasteiger charge is -2.19. The Morgan fingerprint density at radius 1 is 1.38 bits per heavy atom. The first kappa shape index (κ1) is 20.8. The van der Waals surface area contributed by atoms with Gasteiger partial charge in [-0.1, -0.05) is 17.7 Å². The largest absolute Gasteiger partial charge is 0.377 e. The van der Waals surface area contributed by atoms with E-state index in [4.69, 9.17) is 4.74 Å².